The predicted octanol–water partition coefficient (Wildman–Crippen LogP) is 2.97. The molecule has 2 bridgehead atoms. The van der Waals surface area contributed by atoms with Crippen molar-refractivity contribution in [2.75, 3.05) is 6.54 Å². The lowest BCUT2D eigenvalue weighted by atomic mass is 10.1. The van der Waals surface area contributed by atoms with Crippen LogP contribution in [0.5, 0.6) is 6.01 Å². The lowest BCUT2D eigenvalue weighted by Crippen LogP contribution is -2.47. The summed E-state index contributed by atoms with van der Waals surface area (Å²) in [6, 6.07) is 5.69. The third-order valence-corrected chi connectivity index (χ3v) is 5.78. The first-order valence-electron chi connectivity index (χ1n) is 9.78. The number of aryl methyl sites for hydroxylation is 1. The van der Waals surface area contributed by atoms with Gasteiger partial charge in [-0.1, -0.05) is 11.6 Å². The number of piperidine rings is 1. The Labute approximate surface area is 178 Å². The van der Waals surface area contributed by atoms with Crippen LogP contribution < -0.4 is 4.74 Å². The van der Waals surface area contributed by atoms with Crippen molar-refractivity contribution in [3.05, 3.63) is 59.4 Å². The van der Waals surface area contributed by atoms with Gasteiger partial charge in [0.05, 0.1) is 29.0 Å². The highest BCUT2D eigenvalue weighted by Gasteiger charge is 2.49. The molecule has 30 heavy (non-hydrogen) atoms. The Morgan fingerprint density at radius 3 is 2.63 bits per heavy atom. The molecule has 0 unspecified atom stereocenters. The topological polar surface area (TPSA) is 94.0 Å². The van der Waals surface area contributed by atoms with E-state index in [0.29, 0.717) is 34.6 Å². The minimum absolute atomic E-state index is 0.0476. The Balaban J connectivity index is 1.42. The number of halogens is 1. The fraction of sp³-hybridized carbons (Fsp3) is 0.333. The molecule has 1 amide bonds. The van der Waals surface area contributed by atoms with Crippen LogP contribution in [0.15, 0.2) is 43.0 Å². The number of carbonyl (C=O) groups excluding carboxylic acids is 1. The maximum absolute atomic E-state index is 13.5. The number of fused-ring (bicyclic) bond motifs is 2. The first-order chi connectivity index (χ1) is 14.6. The van der Waals surface area contributed by atoms with Gasteiger partial charge in [-0.2, -0.15) is 0 Å². The van der Waals surface area contributed by atoms with Gasteiger partial charge >= 0.3 is 6.01 Å². The van der Waals surface area contributed by atoms with Crippen LogP contribution in [0, 0.1) is 12.8 Å². The number of likely N-dealkylation sites (tertiary alicyclic amines) is 1. The first kappa shape index (κ1) is 18.9. The minimum atomic E-state index is -0.157. The molecule has 1 aliphatic carbocycles. The number of aromatic nitrogens is 5. The molecular formula is C21H19ClN6O2. The van der Waals surface area contributed by atoms with Crippen LogP contribution in [0.4, 0.5) is 0 Å². The van der Waals surface area contributed by atoms with Crippen molar-refractivity contribution in [1.82, 2.24) is 29.8 Å². The Morgan fingerprint density at radius 2 is 1.90 bits per heavy atom. The maximum atomic E-state index is 13.5. The summed E-state index contributed by atoms with van der Waals surface area (Å²) in [6.07, 6.45) is 7.93. The van der Waals surface area contributed by atoms with Crippen molar-refractivity contribution in [1.29, 1.82) is 0 Å². The lowest BCUT2D eigenvalue weighted by Gasteiger charge is -2.33. The summed E-state index contributed by atoms with van der Waals surface area (Å²) < 4.78 is 6.00. The molecule has 5 rings (SSSR count). The van der Waals surface area contributed by atoms with Gasteiger partial charge in [-0.25, -0.2) is 24.9 Å². The SMILES string of the molecule is Cc1ccc(-c2ncccn2)c(C(=O)N2C[C@H]3C[C@@H](Oc4ncc(Cl)cn4)[C@@H]2C3)n1. The molecule has 0 N–H and O–H groups in total. The van der Waals surface area contributed by atoms with E-state index in [4.69, 9.17) is 16.3 Å². The van der Waals surface area contributed by atoms with Gasteiger partial charge in [0.2, 0.25) is 0 Å². The summed E-state index contributed by atoms with van der Waals surface area (Å²) in [6.45, 7) is 2.56. The summed E-state index contributed by atoms with van der Waals surface area (Å²) in [5.41, 5.74) is 1.77. The van der Waals surface area contributed by atoms with Gasteiger partial charge in [0.25, 0.3) is 5.91 Å². The average molecular weight is 423 g/mol. The molecule has 3 aromatic rings. The van der Waals surface area contributed by atoms with Gasteiger partial charge in [-0.15, -0.1) is 0 Å². The summed E-state index contributed by atoms with van der Waals surface area (Å²) in [5.74, 6) is 0.747. The monoisotopic (exact) mass is 422 g/mol. The predicted molar refractivity (Wildman–Crippen MR) is 109 cm³/mol. The molecule has 8 nitrogen and oxygen atoms in total. The number of pyridine rings is 1. The Bertz CT molecular complexity index is 1080. The number of rotatable bonds is 4. The second kappa shape index (κ2) is 7.60. The van der Waals surface area contributed by atoms with Crippen LogP contribution in [0.25, 0.3) is 11.4 Å². The van der Waals surface area contributed by atoms with E-state index in [2.05, 4.69) is 24.9 Å². The van der Waals surface area contributed by atoms with Crippen LogP contribution >= 0.6 is 11.6 Å². The van der Waals surface area contributed by atoms with E-state index in [9.17, 15) is 4.79 Å². The molecule has 4 heterocycles. The van der Waals surface area contributed by atoms with Gasteiger partial charge < -0.3 is 9.64 Å². The van der Waals surface area contributed by atoms with Crippen LogP contribution in [0.1, 0.15) is 29.0 Å². The molecule has 2 aliphatic rings. The number of hydrogen-bond acceptors (Lipinski definition) is 7. The summed E-state index contributed by atoms with van der Waals surface area (Å²) in [7, 11) is 0. The van der Waals surface area contributed by atoms with Crippen molar-refractivity contribution in [3.8, 4) is 17.4 Å². The molecule has 1 saturated carbocycles. The van der Waals surface area contributed by atoms with E-state index in [1.807, 2.05) is 24.0 Å². The summed E-state index contributed by atoms with van der Waals surface area (Å²) in [4.78, 5) is 36.8. The molecule has 3 atom stereocenters. The van der Waals surface area contributed by atoms with E-state index in [1.165, 1.54) is 12.4 Å². The molecule has 0 spiro atoms. The van der Waals surface area contributed by atoms with Gasteiger partial charge in [0.15, 0.2) is 5.82 Å². The number of nitrogens with zero attached hydrogens (tertiary/aromatic N) is 6. The van der Waals surface area contributed by atoms with Gasteiger partial charge in [-0.05, 0) is 43.9 Å². The maximum Gasteiger partial charge on any atom is 0.316 e. The fourth-order valence-corrected chi connectivity index (χ4v) is 4.39. The third kappa shape index (κ3) is 3.47. The van der Waals surface area contributed by atoms with Crippen molar-refractivity contribution in [2.24, 2.45) is 5.92 Å². The number of ether oxygens (including phenoxy) is 1. The molecule has 1 aliphatic heterocycles. The number of amides is 1. The molecule has 0 aromatic carbocycles. The lowest BCUT2D eigenvalue weighted by molar-refractivity contribution is 0.0448. The minimum Gasteiger partial charge on any atom is -0.458 e. The quantitative estimate of drug-likeness (QED) is 0.637. The average Bonchev–Trinajstić information content (AvgIpc) is 3.36. The molecule has 152 valence electrons. The molecule has 0 radical (unpaired) electrons. The Hall–Kier alpha value is -3.13. The fourth-order valence-electron chi connectivity index (χ4n) is 4.30. The zero-order chi connectivity index (χ0) is 20.7. The highest BCUT2D eigenvalue weighted by atomic mass is 35.5. The van der Waals surface area contributed by atoms with Crippen molar-refractivity contribution in [2.45, 2.75) is 31.9 Å². The molecule has 2 fully saturated rings. The smallest absolute Gasteiger partial charge is 0.316 e. The third-order valence-electron chi connectivity index (χ3n) is 5.58. The second-order valence-corrected chi connectivity index (χ2v) is 8.06. The van der Waals surface area contributed by atoms with E-state index < -0.39 is 0 Å². The largest absolute Gasteiger partial charge is 0.458 e. The van der Waals surface area contributed by atoms with E-state index in [1.54, 1.807) is 18.5 Å². The summed E-state index contributed by atoms with van der Waals surface area (Å²) >= 11 is 5.85. The highest BCUT2D eigenvalue weighted by Crippen LogP contribution is 2.40. The molecule has 1 saturated heterocycles. The zero-order valence-corrected chi connectivity index (χ0v) is 17.0. The van der Waals surface area contributed by atoms with Crippen LogP contribution in [0.3, 0.4) is 0 Å². The van der Waals surface area contributed by atoms with Crippen LogP contribution in [-0.2, 0) is 0 Å². The van der Waals surface area contributed by atoms with E-state index in [0.717, 1.165) is 18.5 Å². The van der Waals surface area contributed by atoms with Gasteiger partial charge in [0, 0.05) is 24.6 Å². The zero-order valence-electron chi connectivity index (χ0n) is 16.3. The van der Waals surface area contributed by atoms with E-state index >= 15 is 0 Å². The van der Waals surface area contributed by atoms with Crippen molar-refractivity contribution >= 4 is 17.5 Å². The van der Waals surface area contributed by atoms with E-state index in [-0.39, 0.29) is 24.1 Å². The Morgan fingerprint density at radius 1 is 1.13 bits per heavy atom. The molecule has 3 aromatic heterocycles. The highest BCUT2D eigenvalue weighted by molar-refractivity contribution is 6.30. The number of hydrogen-bond donors (Lipinski definition) is 0. The molecular weight excluding hydrogens is 404 g/mol. The molecule has 9 heteroatoms. The van der Waals surface area contributed by atoms with Crippen molar-refractivity contribution < 1.29 is 9.53 Å². The van der Waals surface area contributed by atoms with Crippen LogP contribution in [-0.4, -0.2) is 54.4 Å². The Kier molecular flexibility index (Phi) is 4.78. The number of carbonyl (C=O) groups is 1. The van der Waals surface area contributed by atoms with Crippen molar-refractivity contribution in [3.63, 3.8) is 0 Å². The van der Waals surface area contributed by atoms with Gasteiger partial charge in [-0.3, -0.25) is 4.79 Å². The van der Waals surface area contributed by atoms with Crippen LogP contribution in [0.2, 0.25) is 5.02 Å². The van der Waals surface area contributed by atoms with Gasteiger partial charge in [0.1, 0.15) is 11.8 Å². The summed E-state index contributed by atoms with van der Waals surface area (Å²) in [5, 5.41) is 0.452. The first-order valence-corrected chi connectivity index (χ1v) is 10.2. The normalized spacial score (nSPS) is 22.3. The second-order valence-electron chi connectivity index (χ2n) is 7.62. The standard InChI is InChI=1S/C21H19ClN6O2/c1-12-3-4-15(19-23-5-2-6-24-19)18(27-12)20(29)28-11-13-7-16(28)17(8-13)30-21-25-9-14(22)10-26-21/h2-6,9-10,13,16-17H,7-8,11H2,1H3/t13-,16+,17-/m1/s1.